The fraction of sp³-hybridized carbons (Fsp3) is 0.278. The molecule has 0 aliphatic heterocycles. The van der Waals surface area contributed by atoms with Gasteiger partial charge in [0.2, 0.25) is 0 Å². The molecule has 0 fully saturated rings. The predicted molar refractivity (Wildman–Crippen MR) is 93.0 cm³/mol. The quantitative estimate of drug-likeness (QED) is 0.380. The minimum Gasteiger partial charge on any atom is -0.494 e. The SMILES string of the molecule is CCCCOc1ccc(C(=O)Oc2cc(Cl)c(C)c(Cl)c2)cc1. The summed E-state index contributed by atoms with van der Waals surface area (Å²) >= 11 is 12.1. The highest BCUT2D eigenvalue weighted by Gasteiger charge is 2.11. The molecule has 0 aromatic heterocycles. The maximum absolute atomic E-state index is 12.1. The van der Waals surface area contributed by atoms with Crippen LogP contribution in [-0.4, -0.2) is 12.6 Å². The van der Waals surface area contributed by atoms with Crippen LogP contribution in [0.25, 0.3) is 0 Å². The van der Waals surface area contributed by atoms with Crippen molar-refractivity contribution in [3.05, 3.63) is 57.6 Å². The van der Waals surface area contributed by atoms with E-state index in [1.807, 2.05) is 0 Å². The van der Waals surface area contributed by atoms with Gasteiger partial charge in [0.1, 0.15) is 11.5 Å². The molecular weight excluding hydrogens is 335 g/mol. The Kier molecular flexibility index (Phi) is 6.31. The first-order valence-electron chi connectivity index (χ1n) is 7.42. The smallest absolute Gasteiger partial charge is 0.343 e. The highest BCUT2D eigenvalue weighted by molar-refractivity contribution is 6.36. The lowest BCUT2D eigenvalue weighted by Crippen LogP contribution is -2.08. The maximum atomic E-state index is 12.1. The van der Waals surface area contributed by atoms with E-state index in [0.717, 1.165) is 24.2 Å². The van der Waals surface area contributed by atoms with Crippen LogP contribution in [0.1, 0.15) is 35.7 Å². The van der Waals surface area contributed by atoms with Crippen LogP contribution in [0.15, 0.2) is 36.4 Å². The molecule has 5 heteroatoms. The lowest BCUT2D eigenvalue weighted by molar-refractivity contribution is 0.0735. The first-order chi connectivity index (χ1) is 11.0. The number of benzene rings is 2. The van der Waals surface area contributed by atoms with Crippen molar-refractivity contribution in [1.82, 2.24) is 0 Å². The summed E-state index contributed by atoms with van der Waals surface area (Å²) in [6.07, 6.45) is 2.07. The lowest BCUT2D eigenvalue weighted by Gasteiger charge is -2.09. The summed E-state index contributed by atoms with van der Waals surface area (Å²) in [5.74, 6) is 0.580. The van der Waals surface area contributed by atoms with E-state index < -0.39 is 5.97 Å². The molecule has 2 aromatic carbocycles. The third-order valence-electron chi connectivity index (χ3n) is 3.32. The molecule has 3 nitrogen and oxygen atoms in total. The van der Waals surface area contributed by atoms with E-state index in [9.17, 15) is 4.79 Å². The first-order valence-corrected chi connectivity index (χ1v) is 8.17. The standard InChI is InChI=1S/C18H18Cl2O3/c1-3-4-9-22-14-7-5-13(6-8-14)18(21)23-15-10-16(19)12(2)17(20)11-15/h5-8,10-11H,3-4,9H2,1-2H3. The number of carbonyl (C=O) groups excluding carboxylic acids is 1. The number of halogens is 2. The van der Waals surface area contributed by atoms with Gasteiger partial charge < -0.3 is 9.47 Å². The van der Waals surface area contributed by atoms with E-state index in [1.165, 1.54) is 0 Å². The van der Waals surface area contributed by atoms with Crippen LogP contribution < -0.4 is 9.47 Å². The number of hydrogen-bond donors (Lipinski definition) is 0. The van der Waals surface area contributed by atoms with Gasteiger partial charge in [0.15, 0.2) is 0 Å². The van der Waals surface area contributed by atoms with Crippen LogP contribution >= 0.6 is 23.2 Å². The van der Waals surface area contributed by atoms with E-state index in [2.05, 4.69) is 6.92 Å². The zero-order valence-electron chi connectivity index (χ0n) is 13.1. The fourth-order valence-electron chi connectivity index (χ4n) is 1.87. The Labute approximate surface area is 146 Å². The van der Waals surface area contributed by atoms with Gasteiger partial charge in [0, 0.05) is 10.0 Å². The van der Waals surface area contributed by atoms with Gasteiger partial charge in [0.05, 0.1) is 12.2 Å². The van der Waals surface area contributed by atoms with Crippen LogP contribution in [0.3, 0.4) is 0 Å². The molecule has 122 valence electrons. The average molecular weight is 353 g/mol. The number of rotatable bonds is 6. The second-order valence-electron chi connectivity index (χ2n) is 5.13. The molecule has 23 heavy (non-hydrogen) atoms. The molecular formula is C18H18Cl2O3. The van der Waals surface area contributed by atoms with Crippen molar-refractivity contribution in [2.24, 2.45) is 0 Å². The molecule has 0 saturated carbocycles. The third kappa shape index (κ3) is 4.88. The van der Waals surface area contributed by atoms with Gasteiger partial charge in [-0.25, -0.2) is 4.79 Å². The predicted octanol–water partition coefficient (Wildman–Crippen LogP) is 5.70. The Hall–Kier alpha value is -1.71. The minimum absolute atomic E-state index is 0.318. The summed E-state index contributed by atoms with van der Waals surface area (Å²) < 4.78 is 10.9. The van der Waals surface area contributed by atoms with Gasteiger partial charge in [-0.3, -0.25) is 0 Å². The molecule has 0 N–H and O–H groups in total. The Bertz CT molecular complexity index is 658. The van der Waals surface area contributed by atoms with Crippen molar-refractivity contribution in [1.29, 1.82) is 0 Å². The highest BCUT2D eigenvalue weighted by Crippen LogP contribution is 2.29. The van der Waals surface area contributed by atoms with Gasteiger partial charge in [-0.2, -0.15) is 0 Å². The molecule has 2 rings (SSSR count). The van der Waals surface area contributed by atoms with E-state index >= 15 is 0 Å². The third-order valence-corrected chi connectivity index (χ3v) is 4.11. The summed E-state index contributed by atoms with van der Waals surface area (Å²) in [6.45, 7) is 4.57. The molecule has 0 atom stereocenters. The van der Waals surface area contributed by atoms with Gasteiger partial charge in [0.25, 0.3) is 0 Å². The van der Waals surface area contributed by atoms with Crippen molar-refractivity contribution in [2.45, 2.75) is 26.7 Å². The number of hydrogen-bond acceptors (Lipinski definition) is 3. The van der Waals surface area contributed by atoms with Crippen molar-refractivity contribution < 1.29 is 14.3 Å². The van der Waals surface area contributed by atoms with Crippen LogP contribution in [-0.2, 0) is 0 Å². The monoisotopic (exact) mass is 352 g/mol. The van der Waals surface area contributed by atoms with Crippen molar-refractivity contribution in [2.75, 3.05) is 6.61 Å². The number of unbranched alkanes of at least 4 members (excludes halogenated alkanes) is 1. The van der Waals surface area contributed by atoms with Gasteiger partial charge in [-0.1, -0.05) is 36.5 Å². The van der Waals surface area contributed by atoms with Gasteiger partial charge in [-0.15, -0.1) is 0 Å². The average Bonchev–Trinajstić information content (AvgIpc) is 2.53. The molecule has 0 radical (unpaired) electrons. The van der Waals surface area contributed by atoms with E-state index in [4.69, 9.17) is 32.7 Å². The van der Waals surface area contributed by atoms with Gasteiger partial charge in [-0.05, 0) is 55.3 Å². The zero-order valence-corrected chi connectivity index (χ0v) is 14.6. The molecule has 2 aromatic rings. The highest BCUT2D eigenvalue weighted by atomic mass is 35.5. The molecule has 0 spiro atoms. The van der Waals surface area contributed by atoms with Crippen LogP contribution in [0.4, 0.5) is 0 Å². The van der Waals surface area contributed by atoms with E-state index in [0.29, 0.717) is 28.0 Å². The summed E-state index contributed by atoms with van der Waals surface area (Å²) in [6, 6.07) is 9.98. The van der Waals surface area contributed by atoms with Gasteiger partial charge >= 0.3 is 5.97 Å². The Morgan fingerprint density at radius 2 is 1.65 bits per heavy atom. The number of ether oxygens (including phenoxy) is 2. The van der Waals surface area contributed by atoms with Crippen molar-refractivity contribution in [3.63, 3.8) is 0 Å². The van der Waals surface area contributed by atoms with Crippen LogP contribution in [0.2, 0.25) is 10.0 Å². The molecule has 0 unspecified atom stereocenters. The molecule has 0 amide bonds. The van der Waals surface area contributed by atoms with Crippen LogP contribution in [0.5, 0.6) is 11.5 Å². The zero-order chi connectivity index (χ0) is 16.8. The molecule has 0 bridgehead atoms. The van der Waals surface area contributed by atoms with Crippen LogP contribution in [0, 0.1) is 6.92 Å². The topological polar surface area (TPSA) is 35.5 Å². The summed E-state index contributed by atoms with van der Waals surface area (Å²) in [7, 11) is 0. The maximum Gasteiger partial charge on any atom is 0.343 e. The molecule has 0 saturated heterocycles. The largest absolute Gasteiger partial charge is 0.494 e. The Morgan fingerprint density at radius 1 is 1.04 bits per heavy atom. The fourth-order valence-corrected chi connectivity index (χ4v) is 2.34. The Morgan fingerprint density at radius 3 is 2.22 bits per heavy atom. The minimum atomic E-state index is -0.471. The lowest BCUT2D eigenvalue weighted by atomic mass is 10.2. The van der Waals surface area contributed by atoms with E-state index in [1.54, 1.807) is 43.3 Å². The van der Waals surface area contributed by atoms with Crippen molar-refractivity contribution in [3.8, 4) is 11.5 Å². The van der Waals surface area contributed by atoms with Crippen molar-refractivity contribution >= 4 is 29.2 Å². The number of carbonyl (C=O) groups is 1. The van der Waals surface area contributed by atoms with E-state index in [-0.39, 0.29) is 0 Å². The second kappa shape index (κ2) is 8.23. The molecule has 0 aliphatic rings. The number of esters is 1. The first kappa shape index (κ1) is 17.6. The second-order valence-corrected chi connectivity index (χ2v) is 5.94. The normalized spacial score (nSPS) is 10.4. The molecule has 0 heterocycles. The summed E-state index contributed by atoms with van der Waals surface area (Å²) in [4.78, 5) is 12.1. The molecule has 0 aliphatic carbocycles. The summed E-state index contributed by atoms with van der Waals surface area (Å²) in [5.41, 5.74) is 1.18. The Balaban J connectivity index is 2.03. The summed E-state index contributed by atoms with van der Waals surface area (Å²) in [5, 5.41) is 0.917.